The molecule has 1 aromatic heterocycles. The van der Waals surface area contributed by atoms with Crippen molar-refractivity contribution in [1.82, 2.24) is 4.98 Å². The highest BCUT2D eigenvalue weighted by atomic mass is 19.1. The van der Waals surface area contributed by atoms with Crippen LogP contribution in [0.1, 0.15) is 38.3 Å². The van der Waals surface area contributed by atoms with Gasteiger partial charge in [-0.3, -0.25) is 4.79 Å². The second kappa shape index (κ2) is 8.42. The molecule has 0 saturated carbocycles. The molecule has 1 N–H and O–H groups in total. The largest absolute Gasteiger partial charge is 0.362 e. The number of rotatable bonds is 4. The molecule has 1 aliphatic rings. The first-order valence-electron chi connectivity index (χ1n) is 10.9. The lowest BCUT2D eigenvalue weighted by Gasteiger charge is -2.13. The Morgan fingerprint density at radius 2 is 1.56 bits per heavy atom. The smallest absolute Gasteiger partial charge is 0.196 e. The molecular weight excluding hydrogens is 425 g/mol. The van der Waals surface area contributed by atoms with Gasteiger partial charge >= 0.3 is 0 Å². The Morgan fingerprint density at radius 1 is 0.912 bits per heavy atom. The fraction of sp³-hybridized carbons (Fsp3) is 0.0690. The van der Waals surface area contributed by atoms with Gasteiger partial charge in [-0.15, -0.1) is 0 Å². The summed E-state index contributed by atoms with van der Waals surface area (Å²) in [6.07, 6.45) is 3.39. The van der Waals surface area contributed by atoms with Crippen LogP contribution in [0, 0.1) is 31.0 Å². The van der Waals surface area contributed by atoms with Crippen molar-refractivity contribution in [2.45, 2.75) is 13.8 Å². The number of hydrogen-bond acceptors (Lipinski definition) is 4. The number of nitrogens with one attached hydrogen (secondary N) is 1. The molecule has 0 amide bonds. The van der Waals surface area contributed by atoms with Crippen molar-refractivity contribution >= 4 is 17.5 Å². The number of ketones is 1. The first kappa shape index (κ1) is 21.3. The van der Waals surface area contributed by atoms with E-state index in [4.69, 9.17) is 4.98 Å². The molecule has 5 heteroatoms. The Kier molecular flexibility index (Phi) is 5.27. The van der Waals surface area contributed by atoms with E-state index < -0.39 is 5.82 Å². The van der Waals surface area contributed by atoms with E-state index in [0.717, 1.165) is 16.8 Å². The van der Waals surface area contributed by atoms with Gasteiger partial charge in [0.15, 0.2) is 5.78 Å². The molecule has 164 valence electrons. The second-order valence-electron chi connectivity index (χ2n) is 8.29. The van der Waals surface area contributed by atoms with Gasteiger partial charge in [0, 0.05) is 34.1 Å². The molecule has 0 aliphatic heterocycles. The minimum Gasteiger partial charge on any atom is -0.362 e. The third-order valence-electron chi connectivity index (χ3n) is 5.85. The van der Waals surface area contributed by atoms with Crippen LogP contribution in [-0.2, 0) is 0 Å². The summed E-state index contributed by atoms with van der Waals surface area (Å²) in [6.45, 7) is 4.04. The summed E-state index contributed by atoms with van der Waals surface area (Å²) in [5.41, 5.74) is 6.07. The maximum absolute atomic E-state index is 14.9. The Hall–Kier alpha value is -4.56. The zero-order valence-electron chi connectivity index (χ0n) is 18.7. The quantitative estimate of drug-likeness (QED) is 0.335. The zero-order valence-corrected chi connectivity index (χ0v) is 18.7. The molecule has 5 rings (SSSR count). The lowest BCUT2D eigenvalue weighted by molar-refractivity contribution is 0.104. The van der Waals surface area contributed by atoms with E-state index in [-0.39, 0.29) is 28.0 Å². The highest BCUT2D eigenvalue weighted by molar-refractivity contribution is 6.24. The summed E-state index contributed by atoms with van der Waals surface area (Å²) in [7, 11) is 0. The molecule has 0 atom stereocenters. The lowest BCUT2D eigenvalue weighted by Crippen LogP contribution is -2.05. The number of aryl methyl sites for hydroxylation is 2. The van der Waals surface area contributed by atoms with Gasteiger partial charge in [-0.25, -0.2) is 9.37 Å². The van der Waals surface area contributed by atoms with E-state index in [1.165, 1.54) is 6.07 Å². The van der Waals surface area contributed by atoms with Crippen molar-refractivity contribution in [2.24, 2.45) is 0 Å². The van der Waals surface area contributed by atoms with Gasteiger partial charge in [0.2, 0.25) is 0 Å². The summed E-state index contributed by atoms with van der Waals surface area (Å²) in [5, 5.41) is 13.3. The fourth-order valence-corrected chi connectivity index (χ4v) is 4.48. The number of carbonyl (C=O) groups is 1. The number of anilines is 1. The van der Waals surface area contributed by atoms with E-state index >= 15 is 0 Å². The van der Waals surface area contributed by atoms with Crippen molar-refractivity contribution in [3.63, 3.8) is 0 Å². The average molecular weight is 445 g/mol. The minimum absolute atomic E-state index is 0.156. The molecule has 0 unspecified atom stereocenters. The molecule has 1 heterocycles. The van der Waals surface area contributed by atoms with Gasteiger partial charge in [-0.1, -0.05) is 48.5 Å². The Labute approximate surface area is 197 Å². The number of benzene rings is 3. The molecule has 4 nitrogen and oxygen atoms in total. The van der Waals surface area contributed by atoms with Gasteiger partial charge in [-0.05, 0) is 49.2 Å². The topological polar surface area (TPSA) is 65.8 Å². The van der Waals surface area contributed by atoms with Crippen molar-refractivity contribution in [3.8, 4) is 28.5 Å². The number of fused-ring (bicyclic) bond motifs is 3. The van der Waals surface area contributed by atoms with Crippen molar-refractivity contribution in [2.75, 3.05) is 5.32 Å². The van der Waals surface area contributed by atoms with E-state index in [2.05, 4.69) is 17.5 Å². The normalized spacial score (nSPS) is 11.9. The van der Waals surface area contributed by atoms with Crippen LogP contribution < -0.4 is 5.32 Å². The van der Waals surface area contributed by atoms with Crippen LogP contribution in [0.25, 0.3) is 28.5 Å². The summed E-state index contributed by atoms with van der Waals surface area (Å²) in [5.74, 6) is -0.754. The zero-order chi connectivity index (χ0) is 23.8. The molecule has 1 aliphatic carbocycles. The van der Waals surface area contributed by atoms with Crippen LogP contribution in [0.3, 0.4) is 0 Å². The molecule has 34 heavy (non-hydrogen) atoms. The second-order valence-corrected chi connectivity index (χ2v) is 8.29. The summed E-state index contributed by atoms with van der Waals surface area (Å²) in [6, 6.07) is 21.6. The van der Waals surface area contributed by atoms with Crippen LogP contribution in [0.2, 0.25) is 0 Å². The summed E-state index contributed by atoms with van der Waals surface area (Å²) >= 11 is 0. The van der Waals surface area contributed by atoms with E-state index in [1.54, 1.807) is 42.6 Å². The van der Waals surface area contributed by atoms with Gasteiger partial charge in [-0.2, -0.15) is 5.26 Å². The summed E-state index contributed by atoms with van der Waals surface area (Å²) in [4.78, 5) is 18.0. The predicted molar refractivity (Wildman–Crippen MR) is 132 cm³/mol. The fourth-order valence-electron chi connectivity index (χ4n) is 4.48. The van der Waals surface area contributed by atoms with Gasteiger partial charge in [0.25, 0.3) is 0 Å². The molecule has 0 radical (unpaired) electrons. The van der Waals surface area contributed by atoms with Crippen LogP contribution in [0.15, 0.2) is 72.9 Å². The molecule has 3 aromatic carbocycles. The lowest BCUT2D eigenvalue weighted by atomic mass is 9.92. The maximum Gasteiger partial charge on any atom is 0.196 e. The molecular formula is C29H20FN3O. The highest BCUT2D eigenvalue weighted by Crippen LogP contribution is 2.43. The Bertz CT molecular complexity index is 1530. The van der Waals surface area contributed by atoms with Gasteiger partial charge < -0.3 is 5.32 Å². The third kappa shape index (κ3) is 3.56. The predicted octanol–water partition coefficient (Wildman–Crippen LogP) is 6.67. The van der Waals surface area contributed by atoms with E-state index in [1.807, 2.05) is 38.1 Å². The number of hydrogen-bond donors (Lipinski definition) is 1. The van der Waals surface area contributed by atoms with Crippen LogP contribution >= 0.6 is 0 Å². The van der Waals surface area contributed by atoms with Crippen molar-refractivity contribution < 1.29 is 9.18 Å². The molecule has 0 bridgehead atoms. The molecule has 0 spiro atoms. The van der Waals surface area contributed by atoms with Gasteiger partial charge in [0.1, 0.15) is 11.9 Å². The highest BCUT2D eigenvalue weighted by Gasteiger charge is 2.34. The Morgan fingerprint density at radius 3 is 2.24 bits per heavy atom. The number of aromatic nitrogens is 1. The maximum atomic E-state index is 14.9. The van der Waals surface area contributed by atoms with E-state index in [0.29, 0.717) is 22.5 Å². The number of carbonyl (C=O) groups excluding carboxylic acids is 1. The molecule has 0 saturated heterocycles. The van der Waals surface area contributed by atoms with Gasteiger partial charge in [0.05, 0.1) is 22.5 Å². The average Bonchev–Trinajstić information content (AvgIpc) is 3.10. The van der Waals surface area contributed by atoms with Crippen molar-refractivity contribution in [1.29, 1.82) is 5.26 Å². The van der Waals surface area contributed by atoms with Crippen LogP contribution in [0.5, 0.6) is 0 Å². The third-order valence-corrected chi connectivity index (χ3v) is 5.85. The monoisotopic (exact) mass is 445 g/mol. The summed E-state index contributed by atoms with van der Waals surface area (Å²) < 4.78 is 14.9. The minimum atomic E-state index is -0.501. The molecule has 0 fully saturated rings. The Balaban J connectivity index is 1.71. The first-order valence-corrected chi connectivity index (χ1v) is 10.9. The van der Waals surface area contributed by atoms with E-state index in [9.17, 15) is 14.4 Å². The number of nitriles is 1. The first-order chi connectivity index (χ1) is 16.5. The standard InChI is InChI=1S/C29H20FN3O/c1-17-13-18(2)15-19(14-17)32-12-11-25-23(16-31)26(22-9-5-6-10-24(22)30)27-28(33-25)20-7-3-4-8-21(20)29(27)34/h3-15,32H,1-2H3. The SMILES string of the molecule is Cc1cc(C)cc(NC=Cc2nc3c(c(-c4ccccc4F)c2C#N)C(=O)c2ccccc2-3)c1. The number of pyridine rings is 1. The van der Waals surface area contributed by atoms with Crippen LogP contribution in [-0.4, -0.2) is 10.8 Å². The molecule has 4 aromatic rings. The van der Waals surface area contributed by atoms with Crippen molar-refractivity contribution in [3.05, 3.63) is 112 Å². The number of nitrogens with zero attached hydrogens (tertiary/aromatic N) is 2. The van der Waals surface area contributed by atoms with Crippen LogP contribution in [0.4, 0.5) is 10.1 Å². The number of halogens is 1.